The number of anilines is 1. The monoisotopic (exact) mass is 298 g/mol. The summed E-state index contributed by atoms with van der Waals surface area (Å²) in [5, 5.41) is 8.45. The lowest BCUT2D eigenvalue weighted by Crippen LogP contribution is -2.31. The average Bonchev–Trinajstić information content (AvgIpc) is 3.11. The van der Waals surface area contributed by atoms with E-state index in [0.29, 0.717) is 18.2 Å². The Labute approximate surface area is 123 Å². The van der Waals surface area contributed by atoms with Gasteiger partial charge in [0.2, 0.25) is 0 Å². The number of likely N-dealkylation sites (tertiary alicyclic amines) is 1. The minimum atomic E-state index is -0.0851. The van der Waals surface area contributed by atoms with Gasteiger partial charge < -0.3 is 20.3 Å². The van der Waals surface area contributed by atoms with Gasteiger partial charge in [0.05, 0.1) is 6.61 Å². The second kappa shape index (κ2) is 7.56. The van der Waals surface area contributed by atoms with Gasteiger partial charge in [-0.1, -0.05) is 0 Å². The second-order valence-corrected chi connectivity index (χ2v) is 5.80. The number of carbonyl (C=O) groups excluding carboxylic acids is 1. The summed E-state index contributed by atoms with van der Waals surface area (Å²) in [5.41, 5.74) is 0.494. The van der Waals surface area contributed by atoms with Crippen LogP contribution in [0.15, 0.2) is 5.38 Å². The van der Waals surface area contributed by atoms with Gasteiger partial charge in [-0.25, -0.2) is 4.98 Å². The molecule has 2 N–H and O–H groups in total. The fourth-order valence-electron chi connectivity index (χ4n) is 2.32. The van der Waals surface area contributed by atoms with E-state index in [4.69, 9.17) is 4.74 Å². The molecule has 1 aromatic rings. The van der Waals surface area contributed by atoms with Crippen molar-refractivity contribution in [2.24, 2.45) is 5.92 Å². The number of amides is 1. The van der Waals surface area contributed by atoms with E-state index in [1.165, 1.54) is 11.3 Å². The molecule has 1 atom stereocenters. The number of hydrogen-bond acceptors (Lipinski definition) is 6. The normalized spacial score (nSPS) is 19.2. The maximum Gasteiger partial charge on any atom is 0.270 e. The third-order valence-electron chi connectivity index (χ3n) is 3.48. The number of thiazole rings is 1. The highest BCUT2D eigenvalue weighted by Crippen LogP contribution is 2.16. The summed E-state index contributed by atoms with van der Waals surface area (Å²) in [4.78, 5) is 18.5. The van der Waals surface area contributed by atoms with Crippen LogP contribution in [0.25, 0.3) is 0 Å². The molecule has 0 bridgehead atoms. The van der Waals surface area contributed by atoms with Crippen LogP contribution in [0.4, 0.5) is 5.13 Å². The minimum Gasteiger partial charge on any atom is -0.383 e. The van der Waals surface area contributed by atoms with Crippen molar-refractivity contribution in [3.63, 3.8) is 0 Å². The first-order chi connectivity index (χ1) is 9.72. The highest BCUT2D eigenvalue weighted by Gasteiger charge is 2.22. The summed E-state index contributed by atoms with van der Waals surface area (Å²) < 4.78 is 5.08. The second-order valence-electron chi connectivity index (χ2n) is 4.95. The number of ether oxygens (including phenoxy) is 1. The first-order valence-electron chi connectivity index (χ1n) is 6.85. The fraction of sp³-hybridized carbons (Fsp3) is 0.692. The van der Waals surface area contributed by atoms with Crippen LogP contribution >= 0.6 is 11.3 Å². The maximum absolute atomic E-state index is 12.0. The van der Waals surface area contributed by atoms with Crippen molar-refractivity contribution in [1.29, 1.82) is 0 Å². The van der Waals surface area contributed by atoms with Crippen LogP contribution in [0, 0.1) is 5.92 Å². The Balaban J connectivity index is 1.71. The summed E-state index contributed by atoms with van der Waals surface area (Å²) in [6, 6.07) is 0. The third-order valence-corrected chi connectivity index (χ3v) is 4.34. The van der Waals surface area contributed by atoms with Crippen LogP contribution in [-0.2, 0) is 4.74 Å². The molecule has 0 saturated carbocycles. The predicted molar refractivity (Wildman–Crippen MR) is 80.4 cm³/mol. The average molecular weight is 298 g/mol. The lowest BCUT2D eigenvalue weighted by Gasteiger charge is -2.15. The highest BCUT2D eigenvalue weighted by atomic mass is 32.1. The van der Waals surface area contributed by atoms with E-state index in [9.17, 15) is 4.79 Å². The van der Waals surface area contributed by atoms with Gasteiger partial charge in [0.25, 0.3) is 5.91 Å². The molecule has 0 aromatic carbocycles. The largest absolute Gasteiger partial charge is 0.383 e. The zero-order chi connectivity index (χ0) is 14.4. The third kappa shape index (κ3) is 4.16. The number of rotatable bonds is 7. The smallest absolute Gasteiger partial charge is 0.270 e. The molecule has 0 radical (unpaired) electrons. The Hall–Kier alpha value is -1.18. The fourth-order valence-corrected chi connectivity index (χ4v) is 2.98. The molecule has 7 heteroatoms. The van der Waals surface area contributed by atoms with E-state index >= 15 is 0 Å². The summed E-state index contributed by atoms with van der Waals surface area (Å²) >= 11 is 1.44. The van der Waals surface area contributed by atoms with Crippen molar-refractivity contribution in [3.8, 4) is 0 Å². The molecule has 1 aromatic heterocycles. The Bertz CT molecular complexity index is 438. The minimum absolute atomic E-state index is 0.0851. The van der Waals surface area contributed by atoms with Gasteiger partial charge in [-0.05, 0) is 18.9 Å². The summed E-state index contributed by atoms with van der Waals surface area (Å²) in [6.45, 7) is 4.57. The molecule has 20 heavy (non-hydrogen) atoms. The van der Waals surface area contributed by atoms with E-state index in [1.807, 2.05) is 0 Å². The highest BCUT2D eigenvalue weighted by molar-refractivity contribution is 7.13. The van der Waals surface area contributed by atoms with Crippen LogP contribution < -0.4 is 10.6 Å². The number of aromatic nitrogens is 1. The molecular weight excluding hydrogens is 276 g/mol. The molecule has 2 heterocycles. The Morgan fingerprint density at radius 2 is 2.50 bits per heavy atom. The number of nitrogens with zero attached hydrogens (tertiary/aromatic N) is 2. The lowest BCUT2D eigenvalue weighted by molar-refractivity contribution is 0.0942. The topological polar surface area (TPSA) is 66.5 Å². The number of carbonyl (C=O) groups is 1. The van der Waals surface area contributed by atoms with E-state index in [2.05, 4.69) is 20.5 Å². The van der Waals surface area contributed by atoms with Crippen LogP contribution in [0.3, 0.4) is 0 Å². The van der Waals surface area contributed by atoms with Crippen molar-refractivity contribution in [2.75, 3.05) is 52.3 Å². The number of hydrogen-bond donors (Lipinski definition) is 2. The molecule has 1 aliphatic heterocycles. The predicted octanol–water partition coefficient (Wildman–Crippen LogP) is 0.883. The van der Waals surface area contributed by atoms with Gasteiger partial charge in [0, 0.05) is 39.2 Å². The molecule has 112 valence electrons. The molecule has 6 nitrogen and oxygen atoms in total. The molecule has 0 spiro atoms. The zero-order valence-electron chi connectivity index (χ0n) is 12.0. The summed E-state index contributed by atoms with van der Waals surface area (Å²) in [7, 11) is 3.52. The quantitative estimate of drug-likeness (QED) is 0.782. The molecule has 0 aliphatic carbocycles. The lowest BCUT2D eigenvalue weighted by atomic mass is 10.1. The first kappa shape index (κ1) is 15.2. The van der Waals surface area contributed by atoms with E-state index in [-0.39, 0.29) is 5.91 Å². The van der Waals surface area contributed by atoms with Gasteiger partial charge >= 0.3 is 0 Å². The SMILES string of the molecule is CNc1nc(C(=O)NC[C@H]2CCN(CCOC)C2)cs1. The van der Waals surface area contributed by atoms with Gasteiger partial charge in [-0.2, -0.15) is 0 Å². The van der Waals surface area contributed by atoms with Gasteiger partial charge in [-0.15, -0.1) is 11.3 Å². The molecule has 2 rings (SSSR count). The van der Waals surface area contributed by atoms with Crippen LogP contribution in [0.5, 0.6) is 0 Å². The Morgan fingerprint density at radius 1 is 1.65 bits per heavy atom. The van der Waals surface area contributed by atoms with Gasteiger partial charge in [0.15, 0.2) is 5.13 Å². The summed E-state index contributed by atoms with van der Waals surface area (Å²) in [5.74, 6) is 0.441. The van der Waals surface area contributed by atoms with Crippen molar-refractivity contribution in [1.82, 2.24) is 15.2 Å². The van der Waals surface area contributed by atoms with Gasteiger partial charge in [0.1, 0.15) is 5.69 Å². The van der Waals surface area contributed by atoms with Crippen molar-refractivity contribution >= 4 is 22.4 Å². The van der Waals surface area contributed by atoms with Crippen molar-refractivity contribution in [3.05, 3.63) is 11.1 Å². The zero-order valence-corrected chi connectivity index (χ0v) is 12.8. The molecule has 1 fully saturated rings. The van der Waals surface area contributed by atoms with Crippen LogP contribution in [-0.4, -0.2) is 62.7 Å². The first-order valence-corrected chi connectivity index (χ1v) is 7.73. The molecule has 1 amide bonds. The standard InChI is InChI=1S/C13H22N4O2S/c1-14-13-16-11(9-20-13)12(18)15-7-10-3-4-17(8-10)5-6-19-2/h9-10H,3-8H2,1-2H3,(H,14,16)(H,15,18)/t10-/m1/s1. The Morgan fingerprint density at radius 3 is 3.20 bits per heavy atom. The van der Waals surface area contributed by atoms with E-state index in [1.54, 1.807) is 19.5 Å². The molecule has 0 unspecified atom stereocenters. The maximum atomic E-state index is 12.0. The van der Waals surface area contributed by atoms with E-state index in [0.717, 1.165) is 37.8 Å². The summed E-state index contributed by atoms with van der Waals surface area (Å²) in [6.07, 6.45) is 1.13. The van der Waals surface area contributed by atoms with Crippen LogP contribution in [0.1, 0.15) is 16.9 Å². The molecule has 1 aliphatic rings. The molecular formula is C13H22N4O2S. The van der Waals surface area contributed by atoms with Crippen molar-refractivity contribution < 1.29 is 9.53 Å². The van der Waals surface area contributed by atoms with E-state index < -0.39 is 0 Å². The molecule has 1 saturated heterocycles. The van der Waals surface area contributed by atoms with Crippen molar-refractivity contribution in [2.45, 2.75) is 6.42 Å². The number of nitrogens with one attached hydrogen (secondary N) is 2. The number of methoxy groups -OCH3 is 1. The van der Waals surface area contributed by atoms with Crippen LogP contribution in [0.2, 0.25) is 0 Å². The Kier molecular flexibility index (Phi) is 5.75. The van der Waals surface area contributed by atoms with Gasteiger partial charge in [-0.3, -0.25) is 4.79 Å².